The van der Waals surface area contributed by atoms with Crippen LogP contribution in [0.3, 0.4) is 0 Å². The predicted octanol–water partition coefficient (Wildman–Crippen LogP) is 3.68. The normalized spacial score (nSPS) is 20.8. The van der Waals surface area contributed by atoms with Gasteiger partial charge in [0.25, 0.3) is 0 Å². The second-order valence-corrected chi connectivity index (χ2v) is 3.70. The molecule has 2 rings (SSSR count). The summed E-state index contributed by atoms with van der Waals surface area (Å²) in [5.41, 5.74) is 3.92. The van der Waals surface area contributed by atoms with Gasteiger partial charge in [0.15, 0.2) is 0 Å². The van der Waals surface area contributed by atoms with Gasteiger partial charge in [-0.1, -0.05) is 32.0 Å². The van der Waals surface area contributed by atoms with Crippen LogP contribution in [0.25, 0.3) is 0 Å². The summed E-state index contributed by atoms with van der Waals surface area (Å²) in [5.74, 6) is 0.642. The third-order valence-corrected chi connectivity index (χ3v) is 2.70. The second-order valence-electron chi connectivity index (χ2n) is 3.70. The number of rotatable bonds is 1. The maximum Gasteiger partial charge on any atom is 0.0663 e. The first kappa shape index (κ1) is 8.49. The fourth-order valence-corrected chi connectivity index (χ4v) is 1.91. The molecule has 68 valence electrons. The van der Waals surface area contributed by atoms with Crippen LogP contribution in [0, 0.1) is 0 Å². The molecule has 0 unspecified atom stereocenters. The molecule has 0 aromatic heterocycles. The van der Waals surface area contributed by atoms with Crippen LogP contribution in [0.4, 0.5) is 5.69 Å². The van der Waals surface area contributed by atoms with E-state index in [2.05, 4.69) is 43.1 Å². The van der Waals surface area contributed by atoms with E-state index in [1.807, 2.05) is 0 Å². The van der Waals surface area contributed by atoms with Crippen LogP contribution in [0.2, 0.25) is 0 Å². The lowest BCUT2D eigenvalue weighted by atomic mass is 9.90. The molecule has 1 aliphatic heterocycles. The van der Waals surface area contributed by atoms with Gasteiger partial charge in [-0.3, -0.25) is 4.99 Å². The Hall–Kier alpha value is -1.11. The largest absolute Gasteiger partial charge is 0.258 e. The van der Waals surface area contributed by atoms with E-state index in [0.29, 0.717) is 5.92 Å². The minimum atomic E-state index is 0.642. The Kier molecular flexibility index (Phi) is 2.17. The molecule has 13 heavy (non-hydrogen) atoms. The molecule has 0 amide bonds. The number of para-hydroxylation sites is 1. The highest BCUT2D eigenvalue weighted by atomic mass is 14.8. The van der Waals surface area contributed by atoms with Gasteiger partial charge in [0, 0.05) is 5.71 Å². The van der Waals surface area contributed by atoms with E-state index in [1.165, 1.54) is 17.0 Å². The third-order valence-electron chi connectivity index (χ3n) is 2.70. The Morgan fingerprint density at radius 3 is 2.92 bits per heavy atom. The molecule has 1 heterocycles. The molecule has 0 bridgehead atoms. The Bertz CT molecular complexity index is 339. The van der Waals surface area contributed by atoms with Crippen LogP contribution in [0.1, 0.15) is 38.2 Å². The fourth-order valence-electron chi connectivity index (χ4n) is 1.91. The maximum absolute atomic E-state index is 4.63. The Morgan fingerprint density at radius 2 is 2.15 bits per heavy atom. The van der Waals surface area contributed by atoms with Crippen molar-refractivity contribution in [2.45, 2.75) is 32.6 Å². The highest BCUT2D eigenvalue weighted by Gasteiger charge is 2.16. The van der Waals surface area contributed by atoms with Gasteiger partial charge < -0.3 is 0 Å². The van der Waals surface area contributed by atoms with Gasteiger partial charge in [0.05, 0.1) is 5.69 Å². The van der Waals surface area contributed by atoms with Crippen molar-refractivity contribution in [3.05, 3.63) is 29.8 Å². The van der Waals surface area contributed by atoms with E-state index >= 15 is 0 Å². The highest BCUT2D eigenvalue weighted by molar-refractivity contribution is 5.89. The lowest BCUT2D eigenvalue weighted by Crippen LogP contribution is -2.08. The van der Waals surface area contributed by atoms with E-state index in [4.69, 9.17) is 0 Å². The molecule has 0 spiro atoms. The molecule has 1 nitrogen and oxygen atoms in total. The minimum absolute atomic E-state index is 0.642. The average Bonchev–Trinajstić information content (AvgIpc) is 2.18. The van der Waals surface area contributed by atoms with Gasteiger partial charge in [-0.2, -0.15) is 0 Å². The van der Waals surface area contributed by atoms with Crippen molar-refractivity contribution in [3.63, 3.8) is 0 Å². The van der Waals surface area contributed by atoms with E-state index in [9.17, 15) is 0 Å². The molecule has 0 fully saturated rings. The maximum atomic E-state index is 4.63. The molecular weight excluding hydrogens is 158 g/mol. The van der Waals surface area contributed by atoms with Gasteiger partial charge in [-0.25, -0.2) is 0 Å². The molecule has 1 aliphatic rings. The molecule has 0 saturated heterocycles. The summed E-state index contributed by atoms with van der Waals surface area (Å²) < 4.78 is 0. The summed E-state index contributed by atoms with van der Waals surface area (Å²) in [7, 11) is 0. The van der Waals surface area contributed by atoms with Crippen molar-refractivity contribution in [1.29, 1.82) is 0 Å². The second kappa shape index (κ2) is 3.33. The molecule has 1 aromatic rings. The van der Waals surface area contributed by atoms with Gasteiger partial charge >= 0.3 is 0 Å². The average molecular weight is 173 g/mol. The zero-order valence-corrected chi connectivity index (χ0v) is 8.25. The smallest absolute Gasteiger partial charge is 0.0663 e. The Morgan fingerprint density at radius 1 is 1.38 bits per heavy atom. The molecule has 0 radical (unpaired) electrons. The molecule has 1 heteroatoms. The molecule has 0 saturated carbocycles. The Balaban J connectivity index is 2.46. The van der Waals surface area contributed by atoms with Crippen molar-refractivity contribution >= 4 is 11.4 Å². The quantitative estimate of drug-likeness (QED) is 0.614. The van der Waals surface area contributed by atoms with E-state index in [1.54, 1.807) is 0 Å². The summed E-state index contributed by atoms with van der Waals surface area (Å²) in [5, 5.41) is 0. The third kappa shape index (κ3) is 1.51. The first-order chi connectivity index (χ1) is 6.31. The van der Waals surface area contributed by atoms with Crippen molar-refractivity contribution < 1.29 is 0 Å². The van der Waals surface area contributed by atoms with Crippen molar-refractivity contribution in [1.82, 2.24) is 0 Å². The molecular formula is C12H15N. The van der Waals surface area contributed by atoms with E-state index in [0.717, 1.165) is 12.8 Å². The van der Waals surface area contributed by atoms with Crippen LogP contribution in [0.15, 0.2) is 29.3 Å². The highest BCUT2D eigenvalue weighted by Crippen LogP contribution is 2.34. The van der Waals surface area contributed by atoms with E-state index in [-0.39, 0.29) is 0 Å². The molecule has 1 aromatic carbocycles. The van der Waals surface area contributed by atoms with Gasteiger partial charge in [-0.05, 0) is 30.4 Å². The number of aliphatic imine (C=N–C) groups is 1. The van der Waals surface area contributed by atoms with Crippen molar-refractivity contribution in [3.8, 4) is 0 Å². The fraction of sp³-hybridized carbons (Fsp3) is 0.417. The van der Waals surface area contributed by atoms with Crippen LogP contribution in [0.5, 0.6) is 0 Å². The zero-order valence-electron chi connectivity index (χ0n) is 8.25. The monoisotopic (exact) mass is 173 g/mol. The molecule has 1 atom stereocenters. The van der Waals surface area contributed by atoms with Crippen LogP contribution in [-0.4, -0.2) is 5.71 Å². The van der Waals surface area contributed by atoms with Crippen molar-refractivity contribution in [2.75, 3.05) is 0 Å². The summed E-state index contributed by atoms with van der Waals surface area (Å²) in [6, 6.07) is 8.46. The topological polar surface area (TPSA) is 12.4 Å². The first-order valence-corrected chi connectivity index (χ1v) is 4.96. The SMILES string of the molecule is CCC1=Nc2ccccc2[C@@H](C)C1. The van der Waals surface area contributed by atoms with Crippen molar-refractivity contribution in [2.24, 2.45) is 4.99 Å². The lowest BCUT2D eigenvalue weighted by molar-refractivity contribution is 0.781. The lowest BCUT2D eigenvalue weighted by Gasteiger charge is -2.20. The number of nitrogens with zero attached hydrogens (tertiary/aromatic N) is 1. The van der Waals surface area contributed by atoms with Gasteiger partial charge in [-0.15, -0.1) is 0 Å². The van der Waals surface area contributed by atoms with Crippen LogP contribution in [-0.2, 0) is 0 Å². The first-order valence-electron chi connectivity index (χ1n) is 4.96. The molecule has 0 aliphatic carbocycles. The predicted molar refractivity (Wildman–Crippen MR) is 56.9 cm³/mol. The van der Waals surface area contributed by atoms with Gasteiger partial charge in [0.1, 0.15) is 0 Å². The van der Waals surface area contributed by atoms with E-state index < -0.39 is 0 Å². The number of fused-ring (bicyclic) bond motifs is 1. The summed E-state index contributed by atoms with van der Waals surface area (Å²) in [6.07, 6.45) is 2.21. The number of hydrogen-bond acceptors (Lipinski definition) is 1. The minimum Gasteiger partial charge on any atom is -0.258 e. The van der Waals surface area contributed by atoms with Gasteiger partial charge in [0.2, 0.25) is 0 Å². The summed E-state index contributed by atoms with van der Waals surface area (Å²) >= 11 is 0. The number of benzene rings is 1. The zero-order chi connectivity index (χ0) is 9.26. The summed E-state index contributed by atoms with van der Waals surface area (Å²) in [6.45, 7) is 4.46. The van der Waals surface area contributed by atoms with Crippen LogP contribution < -0.4 is 0 Å². The number of hydrogen-bond donors (Lipinski definition) is 0. The van der Waals surface area contributed by atoms with Crippen LogP contribution >= 0.6 is 0 Å². The standard InChI is InChI=1S/C12H15N/c1-3-10-8-9(2)11-6-4-5-7-12(11)13-10/h4-7,9H,3,8H2,1-2H3/t9-/m0/s1. The molecule has 0 N–H and O–H groups in total. The Labute approximate surface area is 79.5 Å². The summed E-state index contributed by atoms with van der Waals surface area (Å²) in [4.78, 5) is 4.63.